The van der Waals surface area contributed by atoms with Gasteiger partial charge in [0.2, 0.25) is 0 Å². The van der Waals surface area contributed by atoms with E-state index in [1.165, 1.54) is 23.1 Å². The summed E-state index contributed by atoms with van der Waals surface area (Å²) < 4.78 is 5.33. The zero-order valence-electron chi connectivity index (χ0n) is 16.8. The van der Waals surface area contributed by atoms with Gasteiger partial charge in [-0.2, -0.15) is 5.26 Å². The Morgan fingerprint density at radius 2 is 1.90 bits per heavy atom. The molecule has 0 bridgehead atoms. The van der Waals surface area contributed by atoms with Crippen molar-refractivity contribution in [2.75, 3.05) is 6.61 Å². The van der Waals surface area contributed by atoms with Crippen LogP contribution in [0.5, 0.6) is 0 Å². The third kappa shape index (κ3) is 4.22. The summed E-state index contributed by atoms with van der Waals surface area (Å²) in [6.07, 6.45) is 13.8. The van der Waals surface area contributed by atoms with E-state index >= 15 is 0 Å². The molecule has 4 rings (SSSR count). The first-order chi connectivity index (χ1) is 14.8. The van der Waals surface area contributed by atoms with Crippen LogP contribution in [0.2, 0.25) is 0 Å². The normalized spacial score (nSPS) is 20.4. The van der Waals surface area contributed by atoms with Crippen molar-refractivity contribution in [1.29, 1.82) is 5.26 Å². The van der Waals surface area contributed by atoms with Crippen LogP contribution in [-0.2, 0) is 4.74 Å². The SMILES string of the molecule is CCO/C=N\C1=C(C#N)C2=C(CCC/C2=C\c2ccncc2)C(c2ccncc2)S1. The molecule has 2 aromatic rings. The second kappa shape index (κ2) is 9.55. The van der Waals surface area contributed by atoms with Crippen molar-refractivity contribution < 1.29 is 4.74 Å². The Hall–Kier alpha value is -3.17. The summed E-state index contributed by atoms with van der Waals surface area (Å²) in [5.74, 6) is 0. The molecular formula is C24H22N4OS. The molecule has 0 N–H and O–H groups in total. The molecule has 2 aromatic heterocycles. The standard InChI is InChI=1S/C24H22N4OS/c1-2-29-16-28-24-21(15-25)22-19(14-17-6-10-26-11-7-17)4-3-5-20(22)23(30-24)18-8-12-27-13-9-18/h6-14,16,23H,2-5H2,1H3/b19-14+,28-16-. The van der Waals surface area contributed by atoms with E-state index < -0.39 is 0 Å². The van der Waals surface area contributed by atoms with E-state index in [2.05, 4.69) is 27.1 Å². The van der Waals surface area contributed by atoms with Gasteiger partial charge in [-0.1, -0.05) is 17.8 Å². The molecule has 0 radical (unpaired) electrons. The maximum atomic E-state index is 10.1. The highest BCUT2D eigenvalue weighted by Gasteiger charge is 2.34. The lowest BCUT2D eigenvalue weighted by molar-refractivity contribution is 0.343. The smallest absolute Gasteiger partial charge is 0.175 e. The average Bonchev–Trinajstić information content (AvgIpc) is 2.80. The highest BCUT2D eigenvalue weighted by molar-refractivity contribution is 8.03. The van der Waals surface area contributed by atoms with Crippen LogP contribution in [0.4, 0.5) is 0 Å². The third-order valence-corrected chi connectivity index (χ3v) is 6.45. The van der Waals surface area contributed by atoms with E-state index in [4.69, 9.17) is 4.74 Å². The molecule has 0 saturated heterocycles. The number of thioether (sulfide) groups is 1. The van der Waals surface area contributed by atoms with E-state index in [9.17, 15) is 5.26 Å². The number of rotatable bonds is 5. The summed E-state index contributed by atoms with van der Waals surface area (Å²) in [6.45, 7) is 2.45. The van der Waals surface area contributed by atoms with Gasteiger partial charge in [-0.25, -0.2) is 4.99 Å². The van der Waals surface area contributed by atoms with Gasteiger partial charge in [-0.15, -0.1) is 0 Å². The zero-order valence-corrected chi connectivity index (χ0v) is 17.6. The molecule has 1 unspecified atom stereocenters. The molecule has 0 aromatic carbocycles. The number of allylic oxidation sites excluding steroid dienone is 3. The van der Waals surface area contributed by atoms with E-state index in [1.807, 2.05) is 43.6 Å². The van der Waals surface area contributed by atoms with Gasteiger partial charge in [0.1, 0.15) is 11.1 Å². The van der Waals surface area contributed by atoms with Crippen molar-refractivity contribution in [1.82, 2.24) is 9.97 Å². The number of hydrogen-bond acceptors (Lipinski definition) is 6. The minimum absolute atomic E-state index is 0.106. The lowest BCUT2D eigenvalue weighted by Gasteiger charge is -2.33. The number of aromatic nitrogens is 2. The molecule has 0 fully saturated rings. The molecule has 150 valence electrons. The molecule has 0 amide bonds. The van der Waals surface area contributed by atoms with Gasteiger partial charge in [-0.3, -0.25) is 9.97 Å². The minimum atomic E-state index is 0.106. The number of aliphatic imine (C=N–C) groups is 1. The Bertz CT molecular complexity index is 1070. The maximum Gasteiger partial charge on any atom is 0.175 e. The van der Waals surface area contributed by atoms with Crippen LogP contribution in [0.3, 0.4) is 0 Å². The third-order valence-electron chi connectivity index (χ3n) is 5.12. The molecule has 0 saturated carbocycles. The summed E-state index contributed by atoms with van der Waals surface area (Å²) in [5.41, 5.74) is 6.42. The summed E-state index contributed by atoms with van der Waals surface area (Å²) in [4.78, 5) is 12.8. The molecule has 5 nitrogen and oxygen atoms in total. The number of nitriles is 1. The summed E-state index contributed by atoms with van der Waals surface area (Å²) >= 11 is 1.62. The fraction of sp³-hybridized carbons (Fsp3) is 0.250. The second-order valence-electron chi connectivity index (χ2n) is 6.96. The monoisotopic (exact) mass is 414 g/mol. The van der Waals surface area contributed by atoms with Crippen LogP contribution in [0.15, 0.2) is 81.4 Å². The zero-order chi connectivity index (χ0) is 20.8. The molecule has 30 heavy (non-hydrogen) atoms. The van der Waals surface area contributed by atoms with Crippen LogP contribution in [0.1, 0.15) is 42.6 Å². The molecule has 1 atom stereocenters. The first-order valence-corrected chi connectivity index (χ1v) is 10.9. The Morgan fingerprint density at radius 1 is 1.17 bits per heavy atom. The molecule has 6 heteroatoms. The molecule has 2 aliphatic rings. The molecular weight excluding hydrogens is 392 g/mol. The quantitative estimate of drug-likeness (QED) is 0.468. The fourth-order valence-electron chi connectivity index (χ4n) is 3.83. The number of pyridine rings is 2. The summed E-state index contributed by atoms with van der Waals surface area (Å²) in [5, 5.41) is 10.9. The average molecular weight is 415 g/mol. The van der Waals surface area contributed by atoms with Gasteiger partial charge in [0, 0.05) is 24.8 Å². The van der Waals surface area contributed by atoms with Crippen molar-refractivity contribution in [2.45, 2.75) is 31.4 Å². The van der Waals surface area contributed by atoms with Gasteiger partial charge < -0.3 is 4.74 Å². The summed E-state index contributed by atoms with van der Waals surface area (Å²) in [7, 11) is 0. The minimum Gasteiger partial charge on any atom is -0.483 e. The van der Waals surface area contributed by atoms with E-state index in [0.29, 0.717) is 17.2 Å². The lowest BCUT2D eigenvalue weighted by atomic mass is 9.80. The topological polar surface area (TPSA) is 71.2 Å². The fourth-order valence-corrected chi connectivity index (χ4v) is 5.09. The largest absolute Gasteiger partial charge is 0.483 e. The van der Waals surface area contributed by atoms with Crippen molar-refractivity contribution >= 4 is 24.2 Å². The predicted octanol–water partition coefficient (Wildman–Crippen LogP) is 5.63. The number of ether oxygens (including phenoxy) is 1. The van der Waals surface area contributed by atoms with Gasteiger partial charge >= 0.3 is 0 Å². The Balaban J connectivity index is 1.88. The molecule has 3 heterocycles. The Morgan fingerprint density at radius 3 is 2.60 bits per heavy atom. The first-order valence-electron chi connectivity index (χ1n) is 10.0. The van der Waals surface area contributed by atoms with Gasteiger partial charge in [0.05, 0.1) is 17.4 Å². The van der Waals surface area contributed by atoms with Crippen LogP contribution in [0, 0.1) is 11.3 Å². The summed E-state index contributed by atoms with van der Waals surface area (Å²) in [6, 6.07) is 10.5. The predicted molar refractivity (Wildman–Crippen MR) is 120 cm³/mol. The van der Waals surface area contributed by atoms with Crippen LogP contribution >= 0.6 is 11.8 Å². The number of nitrogens with zero attached hydrogens (tertiary/aromatic N) is 4. The van der Waals surface area contributed by atoms with E-state index in [1.54, 1.807) is 24.2 Å². The highest BCUT2D eigenvalue weighted by Crippen LogP contribution is 2.54. The van der Waals surface area contributed by atoms with E-state index in [-0.39, 0.29) is 5.25 Å². The first kappa shape index (κ1) is 20.1. The molecule has 1 aliphatic carbocycles. The molecule has 0 spiro atoms. The highest BCUT2D eigenvalue weighted by atomic mass is 32.2. The van der Waals surface area contributed by atoms with Crippen molar-refractivity contribution in [2.24, 2.45) is 4.99 Å². The lowest BCUT2D eigenvalue weighted by Crippen LogP contribution is -2.15. The molecule has 1 aliphatic heterocycles. The van der Waals surface area contributed by atoms with Gasteiger partial charge in [0.25, 0.3) is 0 Å². The van der Waals surface area contributed by atoms with Crippen molar-refractivity contribution in [3.8, 4) is 6.07 Å². The van der Waals surface area contributed by atoms with Crippen LogP contribution < -0.4 is 0 Å². The number of hydrogen-bond donors (Lipinski definition) is 0. The van der Waals surface area contributed by atoms with Gasteiger partial charge in [0.15, 0.2) is 6.40 Å². The van der Waals surface area contributed by atoms with E-state index in [0.717, 1.165) is 30.4 Å². The Labute approximate surface area is 180 Å². The van der Waals surface area contributed by atoms with Crippen LogP contribution in [-0.4, -0.2) is 23.0 Å². The second-order valence-corrected chi connectivity index (χ2v) is 8.06. The van der Waals surface area contributed by atoms with Crippen LogP contribution in [0.25, 0.3) is 6.08 Å². The van der Waals surface area contributed by atoms with Crippen molar-refractivity contribution in [3.05, 3.63) is 87.5 Å². The Kier molecular flexibility index (Phi) is 6.41. The maximum absolute atomic E-state index is 10.1. The van der Waals surface area contributed by atoms with Gasteiger partial charge in [-0.05, 0) is 78.3 Å². The van der Waals surface area contributed by atoms with Crippen molar-refractivity contribution in [3.63, 3.8) is 0 Å².